The van der Waals surface area contributed by atoms with E-state index in [1.54, 1.807) is 18.0 Å². The summed E-state index contributed by atoms with van der Waals surface area (Å²) in [5.41, 5.74) is 1.94. The second kappa shape index (κ2) is 7.16. The highest BCUT2D eigenvalue weighted by Crippen LogP contribution is 2.28. The highest BCUT2D eigenvalue weighted by molar-refractivity contribution is 7.98. The molecule has 0 bridgehead atoms. The number of halogens is 2. The molecule has 0 aliphatic carbocycles. The van der Waals surface area contributed by atoms with Crippen LogP contribution in [0.25, 0.3) is 11.0 Å². The highest BCUT2D eigenvalue weighted by Gasteiger charge is 2.13. The Bertz CT molecular complexity index is 994. The van der Waals surface area contributed by atoms with Gasteiger partial charge in [-0.25, -0.2) is 4.98 Å². The summed E-state index contributed by atoms with van der Waals surface area (Å²) in [7, 11) is 0. The summed E-state index contributed by atoms with van der Waals surface area (Å²) in [6.45, 7) is 0.641. The van der Waals surface area contributed by atoms with E-state index in [4.69, 9.17) is 32.6 Å². The van der Waals surface area contributed by atoms with Gasteiger partial charge in [-0.3, -0.25) is 0 Å². The Hall–Kier alpha value is -1.88. The van der Waals surface area contributed by atoms with E-state index >= 15 is 0 Å². The molecule has 4 aromatic rings. The summed E-state index contributed by atoms with van der Waals surface area (Å²) >= 11 is 13.8. The smallest absolute Gasteiger partial charge is 0.123 e. The van der Waals surface area contributed by atoms with Crippen LogP contribution in [0.3, 0.4) is 0 Å². The zero-order valence-corrected chi connectivity index (χ0v) is 15.5. The maximum atomic E-state index is 6.13. The monoisotopic (exact) mass is 388 g/mol. The van der Waals surface area contributed by atoms with Crippen molar-refractivity contribution >= 4 is 46.0 Å². The fourth-order valence-electron chi connectivity index (χ4n) is 2.68. The van der Waals surface area contributed by atoms with E-state index < -0.39 is 0 Å². The molecule has 0 aliphatic rings. The minimum absolute atomic E-state index is 0.641. The molecular formula is C19H14Cl2N2OS. The van der Waals surface area contributed by atoms with E-state index in [-0.39, 0.29) is 0 Å². The maximum Gasteiger partial charge on any atom is 0.123 e. The largest absolute Gasteiger partial charge is 0.467 e. The zero-order valence-electron chi connectivity index (χ0n) is 13.2. The lowest BCUT2D eigenvalue weighted by Crippen LogP contribution is -2.03. The maximum absolute atomic E-state index is 6.13. The van der Waals surface area contributed by atoms with Crippen LogP contribution in [0.5, 0.6) is 0 Å². The van der Waals surface area contributed by atoms with Crippen LogP contribution in [-0.2, 0) is 12.3 Å². The average molecular weight is 389 g/mol. The van der Waals surface area contributed by atoms with Gasteiger partial charge in [0, 0.05) is 14.9 Å². The first-order chi connectivity index (χ1) is 12.2. The average Bonchev–Trinajstić information content (AvgIpc) is 3.23. The topological polar surface area (TPSA) is 31.0 Å². The van der Waals surface area contributed by atoms with Crippen LogP contribution in [0.15, 0.2) is 70.2 Å². The molecule has 4 rings (SSSR count). The standard InChI is InChI=1S/C19H14Cl2N2OS/c20-13-3-6-16(7-4-13)25-12-19-22-17-10-14(21)5-8-18(17)23(19)11-15-2-1-9-24-15/h1-10H,11-12H2. The third kappa shape index (κ3) is 3.71. The fraction of sp³-hybridized carbons (Fsp3) is 0.105. The molecule has 0 N–H and O–H groups in total. The Labute approximate surface area is 159 Å². The van der Waals surface area contributed by atoms with Gasteiger partial charge in [-0.15, -0.1) is 11.8 Å². The molecule has 2 aromatic heterocycles. The van der Waals surface area contributed by atoms with E-state index in [9.17, 15) is 0 Å². The van der Waals surface area contributed by atoms with Crippen LogP contribution >= 0.6 is 35.0 Å². The van der Waals surface area contributed by atoms with Crippen LogP contribution in [0, 0.1) is 0 Å². The van der Waals surface area contributed by atoms with Crippen molar-refractivity contribution in [3.8, 4) is 0 Å². The molecule has 0 amide bonds. The van der Waals surface area contributed by atoms with Crippen LogP contribution in [0.4, 0.5) is 0 Å². The Balaban J connectivity index is 1.67. The lowest BCUT2D eigenvalue weighted by atomic mass is 10.3. The summed E-state index contributed by atoms with van der Waals surface area (Å²) in [5, 5.41) is 1.43. The lowest BCUT2D eigenvalue weighted by Gasteiger charge is -2.08. The number of aromatic nitrogens is 2. The Morgan fingerprint density at radius 2 is 1.80 bits per heavy atom. The van der Waals surface area contributed by atoms with Gasteiger partial charge < -0.3 is 8.98 Å². The van der Waals surface area contributed by atoms with E-state index in [1.807, 2.05) is 54.6 Å². The van der Waals surface area contributed by atoms with Gasteiger partial charge in [-0.05, 0) is 54.6 Å². The molecule has 0 spiro atoms. The quantitative estimate of drug-likeness (QED) is 0.377. The van der Waals surface area contributed by atoms with Gasteiger partial charge in [0.25, 0.3) is 0 Å². The number of benzene rings is 2. The second-order valence-electron chi connectivity index (χ2n) is 5.57. The molecule has 0 fully saturated rings. The summed E-state index contributed by atoms with van der Waals surface area (Å²) in [6.07, 6.45) is 1.69. The summed E-state index contributed by atoms with van der Waals surface area (Å²) in [6, 6.07) is 17.5. The number of hydrogen-bond donors (Lipinski definition) is 0. The van der Waals surface area contributed by atoms with Gasteiger partial charge in [0.2, 0.25) is 0 Å². The predicted molar refractivity (Wildman–Crippen MR) is 104 cm³/mol. The van der Waals surface area contributed by atoms with Crippen molar-refractivity contribution in [3.05, 3.63) is 82.5 Å². The molecule has 0 atom stereocenters. The SMILES string of the molecule is Clc1ccc(SCc2nc3cc(Cl)ccc3n2Cc2ccco2)cc1. The number of nitrogens with zero attached hydrogens (tertiary/aromatic N) is 2. The molecule has 0 unspecified atom stereocenters. The van der Waals surface area contributed by atoms with E-state index in [2.05, 4.69) is 4.57 Å². The first-order valence-corrected chi connectivity index (χ1v) is 9.48. The van der Waals surface area contributed by atoms with Gasteiger partial charge in [-0.2, -0.15) is 0 Å². The third-order valence-electron chi connectivity index (χ3n) is 3.86. The molecule has 3 nitrogen and oxygen atoms in total. The van der Waals surface area contributed by atoms with Gasteiger partial charge in [0.05, 0.1) is 29.6 Å². The number of imidazole rings is 1. The Morgan fingerprint density at radius 1 is 1.00 bits per heavy atom. The summed E-state index contributed by atoms with van der Waals surface area (Å²) < 4.78 is 7.69. The zero-order chi connectivity index (χ0) is 17.2. The Kier molecular flexibility index (Phi) is 4.75. The van der Waals surface area contributed by atoms with Crippen molar-refractivity contribution < 1.29 is 4.42 Å². The van der Waals surface area contributed by atoms with Crippen LogP contribution in [-0.4, -0.2) is 9.55 Å². The third-order valence-corrected chi connectivity index (χ3v) is 5.36. The number of rotatable bonds is 5. The van der Waals surface area contributed by atoms with Crippen LogP contribution in [0.2, 0.25) is 10.0 Å². The molecule has 0 saturated carbocycles. The highest BCUT2D eigenvalue weighted by atomic mass is 35.5. The fourth-order valence-corrected chi connectivity index (χ4v) is 3.81. The molecule has 0 saturated heterocycles. The van der Waals surface area contributed by atoms with Gasteiger partial charge in [-0.1, -0.05) is 23.2 Å². The van der Waals surface area contributed by atoms with Crippen molar-refractivity contribution in [2.45, 2.75) is 17.2 Å². The van der Waals surface area contributed by atoms with Crippen molar-refractivity contribution in [2.24, 2.45) is 0 Å². The molecule has 2 heterocycles. The van der Waals surface area contributed by atoms with E-state index in [0.29, 0.717) is 11.6 Å². The number of thioether (sulfide) groups is 1. The first kappa shape index (κ1) is 16.6. The van der Waals surface area contributed by atoms with Gasteiger partial charge >= 0.3 is 0 Å². The van der Waals surface area contributed by atoms with Crippen LogP contribution in [0.1, 0.15) is 11.6 Å². The number of hydrogen-bond acceptors (Lipinski definition) is 3. The van der Waals surface area contributed by atoms with Gasteiger partial charge in [0.1, 0.15) is 11.6 Å². The van der Waals surface area contributed by atoms with E-state index in [0.717, 1.165) is 38.3 Å². The van der Waals surface area contributed by atoms with Crippen molar-refractivity contribution in [1.29, 1.82) is 0 Å². The van der Waals surface area contributed by atoms with Crippen molar-refractivity contribution in [2.75, 3.05) is 0 Å². The summed E-state index contributed by atoms with van der Waals surface area (Å²) in [5.74, 6) is 2.62. The van der Waals surface area contributed by atoms with Crippen molar-refractivity contribution in [3.63, 3.8) is 0 Å². The number of fused-ring (bicyclic) bond motifs is 1. The van der Waals surface area contributed by atoms with Gasteiger partial charge in [0.15, 0.2) is 0 Å². The molecule has 0 radical (unpaired) electrons. The molecule has 0 aliphatic heterocycles. The first-order valence-electron chi connectivity index (χ1n) is 7.74. The normalized spacial score (nSPS) is 11.3. The lowest BCUT2D eigenvalue weighted by molar-refractivity contribution is 0.493. The molecule has 25 heavy (non-hydrogen) atoms. The van der Waals surface area contributed by atoms with Crippen molar-refractivity contribution in [1.82, 2.24) is 9.55 Å². The second-order valence-corrected chi connectivity index (χ2v) is 7.49. The minimum Gasteiger partial charge on any atom is -0.467 e. The predicted octanol–water partition coefficient (Wildman–Crippen LogP) is 6.28. The molecule has 6 heteroatoms. The van der Waals surface area contributed by atoms with Crippen LogP contribution < -0.4 is 0 Å². The molecule has 2 aromatic carbocycles. The summed E-state index contributed by atoms with van der Waals surface area (Å²) in [4.78, 5) is 5.93. The van der Waals surface area contributed by atoms with E-state index in [1.165, 1.54) is 0 Å². The minimum atomic E-state index is 0.641. The molecular weight excluding hydrogens is 375 g/mol. The Morgan fingerprint density at radius 3 is 2.56 bits per heavy atom. The number of furan rings is 1. The molecule has 126 valence electrons.